The highest BCUT2D eigenvalue weighted by molar-refractivity contribution is 9.09. The molecule has 4 N–H and O–H groups in total. The number of ketones is 2. The van der Waals surface area contributed by atoms with Gasteiger partial charge in [-0.05, 0) is 125 Å². The summed E-state index contributed by atoms with van der Waals surface area (Å²) in [7, 11) is -2.61. The van der Waals surface area contributed by atoms with Gasteiger partial charge in [0.1, 0.15) is 6.61 Å². The fourth-order valence-corrected chi connectivity index (χ4v) is 14.0. The van der Waals surface area contributed by atoms with E-state index >= 15 is 0 Å². The summed E-state index contributed by atoms with van der Waals surface area (Å²) in [4.78, 5) is 120. The molecule has 0 aromatic heterocycles. The van der Waals surface area contributed by atoms with Crippen LogP contribution in [0.5, 0.6) is 0 Å². The Morgan fingerprint density at radius 3 is 1.47 bits per heavy atom. The molecule has 4 aromatic rings. The number of Topliss-reactive ketones (excluding diaryl/α,β-unsaturated/α-hetero) is 2. The summed E-state index contributed by atoms with van der Waals surface area (Å²) >= 11 is 3.00. The third-order valence-corrected chi connectivity index (χ3v) is 19.2. The van der Waals surface area contributed by atoms with E-state index in [-0.39, 0.29) is 92.4 Å². The van der Waals surface area contributed by atoms with Crippen molar-refractivity contribution in [1.82, 2.24) is 34.7 Å². The molecule has 2 saturated carbocycles. The number of rotatable bonds is 15. The number of nitrogens with zero attached hydrogens (tertiary/aromatic N) is 6. The number of nitrogens with one attached hydrogen (secondary N) is 2. The van der Waals surface area contributed by atoms with Crippen LogP contribution in [0.3, 0.4) is 0 Å². The van der Waals surface area contributed by atoms with E-state index in [1.807, 2.05) is 30.3 Å². The smallest absolute Gasteiger partial charge is 0.410 e. The van der Waals surface area contributed by atoms with Crippen molar-refractivity contribution in [3.63, 3.8) is 0 Å². The first kappa shape index (κ1) is 72.3. The summed E-state index contributed by atoms with van der Waals surface area (Å²) in [5, 5.41) is 3.65. The number of hydrogen-bond donors (Lipinski definition) is 3. The van der Waals surface area contributed by atoms with Gasteiger partial charge in [0.05, 0.1) is 51.8 Å². The van der Waals surface area contributed by atoms with E-state index in [0.29, 0.717) is 52.9 Å². The first-order chi connectivity index (χ1) is 44.0. The molecule has 23 heteroatoms. The molecule has 4 atom stereocenters. The zero-order chi connectivity index (χ0) is 65.0. The average Bonchev–Trinajstić information content (AvgIpc) is 1.65. The number of amides is 7. The maximum Gasteiger partial charge on any atom is 0.410 e. The summed E-state index contributed by atoms with van der Waals surface area (Å²) in [6.07, 6.45) is 19.1. The minimum atomic E-state index is -2.61. The number of halogens is 1. The Bertz CT molecular complexity index is 3230. The lowest BCUT2D eigenvalue weighted by Gasteiger charge is -2.44. The molecular formula is C69H90BrN9O12S. The summed E-state index contributed by atoms with van der Waals surface area (Å²) in [5.41, 5.74) is 8.85. The van der Waals surface area contributed by atoms with Crippen molar-refractivity contribution in [2.75, 3.05) is 70.8 Å². The molecule has 2 unspecified atom stereocenters. The molecule has 7 amide bonds. The molecule has 0 bridgehead atoms. The predicted octanol–water partition coefficient (Wildman–Crippen LogP) is 9.46. The van der Waals surface area contributed by atoms with Crippen molar-refractivity contribution < 1.29 is 56.3 Å². The van der Waals surface area contributed by atoms with Crippen molar-refractivity contribution in [3.05, 3.63) is 142 Å². The van der Waals surface area contributed by atoms with Gasteiger partial charge in [0.25, 0.3) is 35.4 Å². The van der Waals surface area contributed by atoms with Crippen molar-refractivity contribution in [3.8, 4) is 0 Å². The van der Waals surface area contributed by atoms with Crippen LogP contribution in [0.25, 0.3) is 0 Å². The van der Waals surface area contributed by atoms with Gasteiger partial charge in [0.15, 0.2) is 11.6 Å². The summed E-state index contributed by atoms with van der Waals surface area (Å²) in [5.74, 6) is -0.548. The first-order valence-corrected chi connectivity index (χ1v) is 34.3. The number of carbonyl (C=O) groups excluding carboxylic acids is 9. The molecule has 496 valence electrons. The van der Waals surface area contributed by atoms with E-state index in [1.54, 1.807) is 77.7 Å². The summed E-state index contributed by atoms with van der Waals surface area (Å²) in [6, 6.07) is 31.7. The number of hydrogen-bond acceptors (Lipinski definition) is 17. The Morgan fingerprint density at radius 1 is 0.576 bits per heavy atom. The SMILES string of the molecule is C.CCC1CNC[C@@H]2CCCN12.N=S(=O)=O.NCC1CCCC1.O=C(CBr)CN1C(=O)c2ccccc2C1=O.O=C(CCCC1CCCC1)CN1C(=O)c2ccccc2C1=O.O=C(OCc1ccccc1)N1CC(CN2C(=O)c3ccccc3C2=O)N2CCC[C@H]2C1. The summed E-state index contributed by atoms with van der Waals surface area (Å²) < 4.78 is 28.4. The Balaban J connectivity index is 0.000000172. The van der Waals surface area contributed by atoms with Gasteiger partial charge in [0.2, 0.25) is 0 Å². The monoisotopic (exact) mass is 1350 g/mol. The van der Waals surface area contributed by atoms with Crippen LogP contribution in [0.2, 0.25) is 0 Å². The lowest BCUT2D eigenvalue weighted by molar-refractivity contribution is -0.119. The van der Waals surface area contributed by atoms with E-state index in [4.69, 9.17) is 23.7 Å². The second-order valence-corrected chi connectivity index (χ2v) is 25.5. The van der Waals surface area contributed by atoms with Gasteiger partial charge < -0.3 is 20.7 Å². The predicted molar refractivity (Wildman–Crippen MR) is 353 cm³/mol. The molecule has 92 heavy (non-hydrogen) atoms. The van der Waals surface area contributed by atoms with Gasteiger partial charge in [-0.2, -0.15) is 13.2 Å². The molecule has 21 nitrogen and oxygen atoms in total. The van der Waals surface area contributed by atoms with Crippen LogP contribution in [-0.2, 0) is 31.4 Å². The molecule has 7 aliphatic heterocycles. The lowest BCUT2D eigenvalue weighted by atomic mass is 9.99. The number of nitrogens with two attached hydrogens (primary N) is 1. The number of piperazine rings is 2. The van der Waals surface area contributed by atoms with E-state index in [9.17, 15) is 43.2 Å². The van der Waals surface area contributed by atoms with Crippen LogP contribution in [0.4, 0.5) is 4.79 Å². The zero-order valence-electron chi connectivity index (χ0n) is 52.0. The minimum Gasteiger partial charge on any atom is -0.445 e. The molecule has 2 aliphatic carbocycles. The van der Waals surface area contributed by atoms with Gasteiger partial charge in [0, 0.05) is 63.3 Å². The number of alkyl halides is 1. The second-order valence-electron chi connectivity index (χ2n) is 24.5. The van der Waals surface area contributed by atoms with Crippen molar-refractivity contribution >= 4 is 79.5 Å². The summed E-state index contributed by atoms with van der Waals surface area (Å²) in [6.45, 7) is 9.25. The number of imide groups is 3. The van der Waals surface area contributed by atoms with Gasteiger partial charge >= 0.3 is 16.6 Å². The normalized spacial score (nSPS) is 21.3. The standard InChI is InChI=1S/C24H25N3O4.C18H21NO3.C11H8BrNO3.C9H18N2.C6H13N.CH4.HNO2S/c28-22-20-10-4-5-11-21(20)23(29)27(22)15-19-14-25(13-18-9-6-12-26(18)19)24(30)31-16-17-7-2-1-3-8-17;20-14(9-5-8-13-6-1-2-7-13)12-19-17(21)15-10-3-4-11-16(15)18(19)22;12-5-7(14)6-13-10(15)8-3-1-2-4-9(8)11(13)16;1-2-8-6-10-7-9-4-3-5-11(8)9;7-5-6-3-1-2-4-6;;1-4(2)3/h1-5,7-8,10-11,18-19H,6,9,12-16H2;3-4,10-11,13H,1-2,5-9,12H2;1-4H,5-6H2;8-10H,2-7H2,1H3;6H,1-5,7H2;1H4;1H/t18-,19?;;;8?,9-;;;/m0..0.../s1. The Kier molecular flexibility index (Phi) is 28.1. The molecule has 13 rings (SSSR count). The Morgan fingerprint density at radius 2 is 1.01 bits per heavy atom. The maximum atomic E-state index is 12.8. The van der Waals surface area contributed by atoms with Gasteiger partial charge in [-0.3, -0.25) is 62.9 Å². The molecule has 0 spiro atoms. The van der Waals surface area contributed by atoms with E-state index in [0.717, 1.165) is 78.1 Å². The van der Waals surface area contributed by atoms with Gasteiger partial charge in [-0.25, -0.2) is 4.79 Å². The van der Waals surface area contributed by atoms with Crippen LogP contribution in [-0.4, -0.2) is 186 Å². The van der Waals surface area contributed by atoms with E-state index in [1.165, 1.54) is 95.2 Å². The van der Waals surface area contributed by atoms with Crippen molar-refractivity contribution in [1.29, 1.82) is 4.78 Å². The van der Waals surface area contributed by atoms with Crippen molar-refractivity contribution in [2.45, 2.75) is 148 Å². The third kappa shape index (κ3) is 19.0. The molecule has 4 saturated heterocycles. The third-order valence-electron chi connectivity index (χ3n) is 18.5. The quantitative estimate of drug-likeness (QED) is 0.0738. The largest absolute Gasteiger partial charge is 0.445 e. The van der Waals surface area contributed by atoms with Crippen molar-refractivity contribution in [2.24, 2.45) is 17.6 Å². The fourth-order valence-electron chi connectivity index (χ4n) is 13.8. The van der Waals surface area contributed by atoms with Crippen LogP contribution in [0.1, 0.15) is 185 Å². The highest BCUT2D eigenvalue weighted by Gasteiger charge is 2.44. The first-order valence-electron chi connectivity index (χ1n) is 32.1. The molecule has 7 heterocycles. The van der Waals surface area contributed by atoms with E-state index in [2.05, 4.69) is 38.0 Å². The number of benzene rings is 4. The molecule has 9 aliphatic rings. The molecule has 4 aromatic carbocycles. The van der Waals surface area contributed by atoms with Crippen LogP contribution in [0.15, 0.2) is 103 Å². The minimum absolute atomic E-state index is 0. The van der Waals surface area contributed by atoms with Gasteiger partial charge in [-0.15, -0.1) is 0 Å². The maximum absolute atomic E-state index is 12.8. The van der Waals surface area contributed by atoms with E-state index < -0.39 is 22.3 Å². The Hall–Kier alpha value is -7.15. The van der Waals surface area contributed by atoms with Gasteiger partial charge in [-0.1, -0.05) is 142 Å². The van der Waals surface area contributed by atoms with Crippen LogP contribution in [0, 0.1) is 16.6 Å². The number of ether oxygens (including phenoxy) is 1. The second kappa shape index (κ2) is 35.8. The molecule has 0 radical (unpaired) electrons. The Labute approximate surface area is 550 Å². The number of carbonyl (C=O) groups is 9. The molecular weight excluding hydrogens is 1260 g/mol. The topological polar surface area (TPSA) is 278 Å². The van der Waals surface area contributed by atoms with Crippen LogP contribution < -0.4 is 11.1 Å². The number of fused-ring (bicyclic) bond motifs is 5. The highest BCUT2D eigenvalue weighted by Crippen LogP contribution is 2.32. The molecule has 6 fully saturated rings. The average molecular weight is 1350 g/mol. The zero-order valence-corrected chi connectivity index (χ0v) is 54.4. The lowest BCUT2D eigenvalue weighted by Crippen LogP contribution is -2.61. The highest BCUT2D eigenvalue weighted by atomic mass is 79.9. The fraction of sp³-hybridized carbons (Fsp3) is 0.522. The van der Waals surface area contributed by atoms with Crippen LogP contribution >= 0.6 is 15.9 Å².